The molecule has 0 aliphatic carbocycles. The van der Waals surface area contributed by atoms with Crippen LogP contribution in [-0.2, 0) is 0 Å². The highest BCUT2D eigenvalue weighted by Crippen LogP contribution is 2.00. The van der Waals surface area contributed by atoms with Crippen molar-refractivity contribution >= 4 is 12.8 Å². The first-order valence-electron chi connectivity index (χ1n) is 4.23. The van der Waals surface area contributed by atoms with Gasteiger partial charge in [0.1, 0.15) is 0 Å². The Kier molecular flexibility index (Phi) is 32.1. The molecule has 0 atom stereocenters. The smallest absolute Gasteiger partial charge is 0.00975 e. The standard InChI is InChI=1S/C8H18NS.3FH/c1-3-5-7-9(10)8-6-4-2;;;/h3-8H2,1-2H3;3*1H. The van der Waals surface area contributed by atoms with E-state index in [1.165, 1.54) is 25.7 Å². The second-order valence-corrected chi connectivity index (χ2v) is 3.15. The van der Waals surface area contributed by atoms with E-state index in [0.717, 1.165) is 13.1 Å². The summed E-state index contributed by atoms with van der Waals surface area (Å²) in [5.41, 5.74) is 0. The molecule has 0 saturated carbocycles. The Hall–Kier alpha value is 0.100. The van der Waals surface area contributed by atoms with Crippen molar-refractivity contribution in [2.24, 2.45) is 0 Å². The lowest BCUT2D eigenvalue weighted by atomic mass is 10.3. The molecule has 1 nitrogen and oxygen atoms in total. The van der Waals surface area contributed by atoms with E-state index in [1.807, 2.05) is 4.31 Å². The lowest BCUT2D eigenvalue weighted by Gasteiger charge is -2.11. The molecular formula is C8H21F3NS. The lowest BCUT2D eigenvalue weighted by molar-refractivity contribution is 0.449. The third kappa shape index (κ3) is 18.8. The molecule has 0 amide bonds. The van der Waals surface area contributed by atoms with Crippen LogP contribution in [0.1, 0.15) is 39.5 Å². The van der Waals surface area contributed by atoms with E-state index < -0.39 is 0 Å². The van der Waals surface area contributed by atoms with Crippen LogP contribution in [0.3, 0.4) is 0 Å². The lowest BCUT2D eigenvalue weighted by Crippen LogP contribution is -2.14. The van der Waals surface area contributed by atoms with Gasteiger partial charge in [-0.25, -0.2) is 4.31 Å². The first-order valence-corrected chi connectivity index (χ1v) is 4.59. The molecule has 0 aromatic carbocycles. The Morgan fingerprint density at radius 1 is 0.846 bits per heavy atom. The highest BCUT2D eigenvalue weighted by molar-refractivity contribution is 7.77. The van der Waals surface area contributed by atoms with Gasteiger partial charge in [-0.15, -0.1) is 0 Å². The van der Waals surface area contributed by atoms with Crippen molar-refractivity contribution in [3.63, 3.8) is 0 Å². The monoisotopic (exact) mass is 220 g/mol. The van der Waals surface area contributed by atoms with Gasteiger partial charge in [0.15, 0.2) is 0 Å². The molecule has 85 valence electrons. The van der Waals surface area contributed by atoms with Crippen LogP contribution in [0.5, 0.6) is 0 Å². The minimum Gasteiger partial charge on any atom is -0.269 e. The minimum atomic E-state index is 0. The van der Waals surface area contributed by atoms with Crippen molar-refractivity contribution in [2.75, 3.05) is 13.1 Å². The van der Waals surface area contributed by atoms with Crippen LogP contribution in [-0.4, -0.2) is 17.4 Å². The fourth-order valence-corrected chi connectivity index (χ4v) is 1.04. The maximum Gasteiger partial charge on any atom is 0.00975 e. The van der Waals surface area contributed by atoms with Crippen LogP contribution in [0.4, 0.5) is 14.1 Å². The molecule has 0 aromatic heterocycles. The third-order valence-corrected chi connectivity index (χ3v) is 1.89. The Bertz CT molecular complexity index is 68.4. The van der Waals surface area contributed by atoms with Crippen LogP contribution >= 0.6 is 12.8 Å². The second-order valence-electron chi connectivity index (χ2n) is 2.64. The van der Waals surface area contributed by atoms with Gasteiger partial charge in [-0.2, -0.15) is 0 Å². The van der Waals surface area contributed by atoms with E-state index in [2.05, 4.69) is 13.8 Å². The van der Waals surface area contributed by atoms with Gasteiger partial charge >= 0.3 is 0 Å². The number of hydrogen-bond donors (Lipinski definition) is 0. The van der Waals surface area contributed by atoms with Crippen LogP contribution in [0.15, 0.2) is 0 Å². The number of halogens is 3. The molecule has 0 saturated heterocycles. The molecule has 5 heteroatoms. The molecule has 0 aliphatic heterocycles. The summed E-state index contributed by atoms with van der Waals surface area (Å²) in [6.45, 7) is 6.57. The van der Waals surface area contributed by atoms with E-state index >= 15 is 0 Å². The van der Waals surface area contributed by atoms with E-state index in [9.17, 15) is 0 Å². The topological polar surface area (TPSA) is 3.24 Å². The van der Waals surface area contributed by atoms with Crippen molar-refractivity contribution < 1.29 is 14.1 Å². The fourth-order valence-electron chi connectivity index (χ4n) is 0.781. The number of unbranched alkanes of at least 4 members (excludes halogenated alkanes) is 2. The summed E-state index contributed by atoms with van der Waals surface area (Å²) in [5.74, 6) is 0. The quantitative estimate of drug-likeness (QED) is 0.662. The predicted molar refractivity (Wildman–Crippen MR) is 56.5 cm³/mol. The Morgan fingerprint density at radius 2 is 1.15 bits per heavy atom. The van der Waals surface area contributed by atoms with Crippen LogP contribution in [0.25, 0.3) is 0 Å². The first-order chi connectivity index (χ1) is 4.81. The zero-order valence-corrected chi connectivity index (χ0v) is 9.14. The van der Waals surface area contributed by atoms with Gasteiger partial charge in [0.05, 0.1) is 0 Å². The van der Waals surface area contributed by atoms with Gasteiger partial charge in [0.2, 0.25) is 0 Å². The summed E-state index contributed by atoms with van der Waals surface area (Å²) in [6.07, 6.45) is 4.99. The number of nitrogens with zero attached hydrogens (tertiary/aromatic N) is 1. The summed E-state index contributed by atoms with van der Waals surface area (Å²) in [6, 6.07) is 0. The van der Waals surface area contributed by atoms with E-state index in [4.69, 9.17) is 12.8 Å². The molecule has 0 fully saturated rings. The SMILES string of the molecule is CCCCN([S])CCCC.F.F.F. The van der Waals surface area contributed by atoms with Crippen molar-refractivity contribution in [1.29, 1.82) is 0 Å². The molecule has 0 heterocycles. The average molecular weight is 220 g/mol. The molecule has 0 aromatic rings. The van der Waals surface area contributed by atoms with E-state index in [0.29, 0.717) is 0 Å². The van der Waals surface area contributed by atoms with Crippen molar-refractivity contribution in [2.45, 2.75) is 39.5 Å². The Morgan fingerprint density at radius 3 is 1.38 bits per heavy atom. The number of hydrogen-bond acceptors (Lipinski definition) is 1. The van der Waals surface area contributed by atoms with Crippen LogP contribution < -0.4 is 0 Å². The highest BCUT2D eigenvalue weighted by atomic mass is 32.1. The van der Waals surface area contributed by atoms with Crippen molar-refractivity contribution in [3.8, 4) is 0 Å². The largest absolute Gasteiger partial charge is 0.269 e. The maximum atomic E-state index is 5.10. The molecule has 0 N–H and O–H groups in total. The van der Waals surface area contributed by atoms with Gasteiger partial charge in [-0.05, 0) is 12.8 Å². The van der Waals surface area contributed by atoms with Gasteiger partial charge in [-0.1, -0.05) is 26.7 Å². The summed E-state index contributed by atoms with van der Waals surface area (Å²) in [5, 5.41) is 0. The Balaban J connectivity index is -0.000000135. The average Bonchev–Trinajstić information content (AvgIpc) is 1.97. The normalized spacial score (nSPS) is 8.31. The van der Waals surface area contributed by atoms with Crippen LogP contribution in [0.2, 0.25) is 0 Å². The summed E-state index contributed by atoms with van der Waals surface area (Å²) in [7, 11) is 0. The zero-order chi connectivity index (χ0) is 7.82. The predicted octanol–water partition coefficient (Wildman–Crippen LogP) is 3.46. The molecule has 0 unspecified atom stereocenters. The first kappa shape index (κ1) is 23.2. The third-order valence-electron chi connectivity index (χ3n) is 1.52. The maximum absolute atomic E-state index is 5.10. The van der Waals surface area contributed by atoms with Gasteiger partial charge in [0.25, 0.3) is 0 Å². The summed E-state index contributed by atoms with van der Waals surface area (Å²) < 4.78 is 2.01. The second kappa shape index (κ2) is 18.0. The minimum absolute atomic E-state index is 0. The molecule has 0 aliphatic rings. The molecule has 0 rings (SSSR count). The molecular weight excluding hydrogens is 199 g/mol. The Labute approximate surface area is 84.5 Å². The molecule has 0 spiro atoms. The molecule has 1 radical (unpaired) electrons. The molecule has 0 bridgehead atoms. The van der Waals surface area contributed by atoms with E-state index in [1.54, 1.807) is 0 Å². The fraction of sp³-hybridized carbons (Fsp3) is 1.00. The van der Waals surface area contributed by atoms with Crippen molar-refractivity contribution in [3.05, 3.63) is 0 Å². The summed E-state index contributed by atoms with van der Waals surface area (Å²) in [4.78, 5) is 0. The van der Waals surface area contributed by atoms with Gasteiger partial charge in [-0.3, -0.25) is 14.1 Å². The van der Waals surface area contributed by atoms with Gasteiger partial charge < -0.3 is 0 Å². The van der Waals surface area contributed by atoms with Crippen molar-refractivity contribution in [1.82, 2.24) is 4.31 Å². The van der Waals surface area contributed by atoms with Gasteiger partial charge in [0, 0.05) is 25.9 Å². The number of rotatable bonds is 6. The van der Waals surface area contributed by atoms with E-state index in [-0.39, 0.29) is 14.1 Å². The molecule has 13 heavy (non-hydrogen) atoms. The zero-order valence-electron chi connectivity index (χ0n) is 8.32. The van der Waals surface area contributed by atoms with Crippen LogP contribution in [0, 0.1) is 0 Å². The summed E-state index contributed by atoms with van der Waals surface area (Å²) >= 11 is 5.10. The highest BCUT2D eigenvalue weighted by Gasteiger charge is 1.96.